The van der Waals surface area contributed by atoms with Crippen LogP contribution in [0.15, 0.2) is 0 Å². The molecule has 1 N–H and O–H groups in total. The van der Waals surface area contributed by atoms with Crippen molar-refractivity contribution in [2.45, 2.75) is 57.5 Å². The molecule has 2 aliphatic carbocycles. The van der Waals surface area contributed by atoms with E-state index in [0.717, 1.165) is 24.3 Å². The summed E-state index contributed by atoms with van der Waals surface area (Å²) >= 11 is 0. The first-order chi connectivity index (χ1) is 6.85. The van der Waals surface area contributed by atoms with E-state index in [-0.39, 0.29) is 0 Å². The molecule has 0 saturated heterocycles. The molecule has 2 saturated carbocycles. The second kappa shape index (κ2) is 4.36. The maximum atomic E-state index is 5.54. The molecular formula is C13H21N. The van der Waals surface area contributed by atoms with Crippen molar-refractivity contribution in [3.05, 3.63) is 0 Å². The van der Waals surface area contributed by atoms with Gasteiger partial charge < -0.3 is 5.32 Å². The zero-order valence-electron chi connectivity index (χ0n) is 9.13. The van der Waals surface area contributed by atoms with E-state index in [1.54, 1.807) is 0 Å². The van der Waals surface area contributed by atoms with Crippen LogP contribution < -0.4 is 5.32 Å². The average Bonchev–Trinajstić information content (AvgIpc) is 3.05. The van der Waals surface area contributed by atoms with Gasteiger partial charge in [-0.15, -0.1) is 6.42 Å². The van der Waals surface area contributed by atoms with E-state index in [2.05, 4.69) is 18.2 Å². The molecule has 14 heavy (non-hydrogen) atoms. The van der Waals surface area contributed by atoms with Crippen molar-refractivity contribution in [3.8, 4) is 12.3 Å². The molecule has 0 amide bonds. The molecule has 0 aromatic carbocycles. The molecule has 1 nitrogen and oxygen atoms in total. The summed E-state index contributed by atoms with van der Waals surface area (Å²) in [5.74, 6) is 4.80. The Kier molecular flexibility index (Phi) is 3.13. The average molecular weight is 191 g/mol. The lowest BCUT2D eigenvalue weighted by molar-refractivity contribution is 0.383. The highest BCUT2D eigenvalue weighted by molar-refractivity contribution is 5.04. The number of nitrogens with one attached hydrogen (secondary N) is 1. The first-order valence-corrected chi connectivity index (χ1v) is 6.07. The van der Waals surface area contributed by atoms with Crippen LogP contribution in [-0.4, -0.2) is 12.1 Å². The van der Waals surface area contributed by atoms with E-state index in [0.29, 0.717) is 6.04 Å². The van der Waals surface area contributed by atoms with Crippen molar-refractivity contribution in [3.63, 3.8) is 0 Å². The second-order valence-electron chi connectivity index (χ2n) is 4.88. The minimum Gasteiger partial charge on any atom is -0.300 e. The van der Waals surface area contributed by atoms with Crippen LogP contribution in [0.4, 0.5) is 0 Å². The summed E-state index contributed by atoms with van der Waals surface area (Å²) in [6.07, 6.45) is 13.6. The van der Waals surface area contributed by atoms with Crippen LogP contribution in [0.5, 0.6) is 0 Å². The Labute approximate surface area is 87.7 Å². The van der Waals surface area contributed by atoms with Gasteiger partial charge in [0, 0.05) is 6.04 Å². The molecule has 0 spiro atoms. The standard InChI is InChI=1S/C13H21N/c1-3-5-12(4-2)14-13(10-6-7-10)11-8-9-11/h2,10-14H,3,5-9H2,1H3. The van der Waals surface area contributed by atoms with Crippen LogP contribution >= 0.6 is 0 Å². The summed E-state index contributed by atoms with van der Waals surface area (Å²) in [5.41, 5.74) is 0. The quantitative estimate of drug-likeness (QED) is 0.636. The largest absolute Gasteiger partial charge is 0.300 e. The third kappa shape index (κ3) is 2.51. The maximum absolute atomic E-state index is 5.54. The molecule has 0 radical (unpaired) electrons. The van der Waals surface area contributed by atoms with Gasteiger partial charge in [0.15, 0.2) is 0 Å². The molecule has 2 fully saturated rings. The van der Waals surface area contributed by atoms with Gasteiger partial charge in [-0.1, -0.05) is 19.3 Å². The third-order valence-electron chi connectivity index (χ3n) is 3.43. The molecule has 0 aliphatic heterocycles. The van der Waals surface area contributed by atoms with E-state index < -0.39 is 0 Å². The molecule has 0 bridgehead atoms. The van der Waals surface area contributed by atoms with Gasteiger partial charge in [0.2, 0.25) is 0 Å². The zero-order chi connectivity index (χ0) is 9.97. The molecule has 0 aromatic heterocycles. The highest BCUT2D eigenvalue weighted by Crippen LogP contribution is 2.44. The zero-order valence-corrected chi connectivity index (χ0v) is 9.13. The number of hydrogen-bond donors (Lipinski definition) is 1. The fourth-order valence-corrected chi connectivity index (χ4v) is 2.30. The van der Waals surface area contributed by atoms with E-state index >= 15 is 0 Å². The fourth-order valence-electron chi connectivity index (χ4n) is 2.30. The topological polar surface area (TPSA) is 12.0 Å². The number of rotatable bonds is 6. The maximum Gasteiger partial charge on any atom is 0.0689 e. The van der Waals surface area contributed by atoms with E-state index in [1.165, 1.54) is 32.1 Å². The summed E-state index contributed by atoms with van der Waals surface area (Å²) in [5, 5.41) is 3.69. The predicted octanol–water partition coefficient (Wildman–Crippen LogP) is 2.57. The Morgan fingerprint density at radius 1 is 1.29 bits per heavy atom. The molecular weight excluding hydrogens is 170 g/mol. The first kappa shape index (κ1) is 10.1. The highest BCUT2D eigenvalue weighted by Gasteiger charge is 2.41. The molecule has 1 atom stereocenters. The Morgan fingerprint density at radius 3 is 2.21 bits per heavy atom. The van der Waals surface area contributed by atoms with Crippen LogP contribution in [0.3, 0.4) is 0 Å². The van der Waals surface area contributed by atoms with Gasteiger partial charge in [-0.05, 0) is 43.9 Å². The summed E-state index contributed by atoms with van der Waals surface area (Å²) < 4.78 is 0. The van der Waals surface area contributed by atoms with Gasteiger partial charge >= 0.3 is 0 Å². The summed E-state index contributed by atoms with van der Waals surface area (Å²) in [4.78, 5) is 0. The molecule has 78 valence electrons. The van der Waals surface area contributed by atoms with Crippen LogP contribution in [0.2, 0.25) is 0 Å². The first-order valence-electron chi connectivity index (χ1n) is 6.07. The number of hydrogen-bond acceptors (Lipinski definition) is 1. The monoisotopic (exact) mass is 191 g/mol. The van der Waals surface area contributed by atoms with E-state index in [1.807, 2.05) is 0 Å². The summed E-state index contributed by atoms with van der Waals surface area (Å²) in [6, 6.07) is 1.08. The van der Waals surface area contributed by atoms with Gasteiger partial charge in [-0.3, -0.25) is 0 Å². The highest BCUT2D eigenvalue weighted by atomic mass is 15.0. The Balaban J connectivity index is 1.82. The molecule has 2 aliphatic rings. The molecule has 2 rings (SSSR count). The normalized spacial score (nSPS) is 23.5. The lowest BCUT2D eigenvalue weighted by atomic mass is 10.0. The Bertz CT molecular complexity index is 208. The summed E-state index contributed by atoms with van der Waals surface area (Å²) in [6.45, 7) is 2.20. The SMILES string of the molecule is C#CC(CCC)NC(C1CC1)C1CC1. The fraction of sp³-hybridized carbons (Fsp3) is 0.846. The van der Waals surface area contributed by atoms with Crippen LogP contribution in [0.25, 0.3) is 0 Å². The van der Waals surface area contributed by atoms with E-state index in [9.17, 15) is 0 Å². The van der Waals surface area contributed by atoms with Crippen molar-refractivity contribution in [1.29, 1.82) is 0 Å². The minimum atomic E-state index is 0.325. The molecule has 0 heterocycles. The lowest BCUT2D eigenvalue weighted by Gasteiger charge is -2.22. The van der Waals surface area contributed by atoms with Crippen LogP contribution in [-0.2, 0) is 0 Å². The van der Waals surface area contributed by atoms with Crippen molar-refractivity contribution in [1.82, 2.24) is 5.32 Å². The Morgan fingerprint density at radius 2 is 1.86 bits per heavy atom. The third-order valence-corrected chi connectivity index (χ3v) is 3.43. The number of terminal acetylenes is 1. The van der Waals surface area contributed by atoms with Crippen molar-refractivity contribution < 1.29 is 0 Å². The predicted molar refractivity (Wildman–Crippen MR) is 59.9 cm³/mol. The molecule has 1 heteroatoms. The van der Waals surface area contributed by atoms with Gasteiger partial charge in [0.25, 0.3) is 0 Å². The van der Waals surface area contributed by atoms with Crippen LogP contribution in [0, 0.1) is 24.2 Å². The van der Waals surface area contributed by atoms with Gasteiger partial charge in [0.1, 0.15) is 0 Å². The lowest BCUT2D eigenvalue weighted by Crippen LogP contribution is -2.40. The van der Waals surface area contributed by atoms with Crippen molar-refractivity contribution >= 4 is 0 Å². The summed E-state index contributed by atoms with van der Waals surface area (Å²) in [7, 11) is 0. The van der Waals surface area contributed by atoms with Gasteiger partial charge in [-0.2, -0.15) is 0 Å². The van der Waals surface area contributed by atoms with Crippen molar-refractivity contribution in [2.24, 2.45) is 11.8 Å². The smallest absolute Gasteiger partial charge is 0.0689 e. The second-order valence-corrected chi connectivity index (χ2v) is 4.88. The van der Waals surface area contributed by atoms with Gasteiger partial charge in [-0.25, -0.2) is 0 Å². The van der Waals surface area contributed by atoms with Gasteiger partial charge in [0.05, 0.1) is 6.04 Å². The molecule has 0 aromatic rings. The minimum absolute atomic E-state index is 0.325. The van der Waals surface area contributed by atoms with E-state index in [4.69, 9.17) is 6.42 Å². The Hall–Kier alpha value is -0.480. The molecule has 1 unspecified atom stereocenters. The van der Waals surface area contributed by atoms with Crippen molar-refractivity contribution in [2.75, 3.05) is 0 Å². The van der Waals surface area contributed by atoms with Crippen LogP contribution in [0.1, 0.15) is 45.4 Å².